The molecule has 0 radical (unpaired) electrons. The number of carbonyl (C=O) groups excluding carboxylic acids is 5. The lowest BCUT2D eigenvalue weighted by atomic mass is 9.82. The molecule has 0 bridgehead atoms. The van der Waals surface area contributed by atoms with Crippen molar-refractivity contribution in [1.82, 2.24) is 0 Å². The van der Waals surface area contributed by atoms with Gasteiger partial charge in [0.1, 0.15) is 0 Å². The van der Waals surface area contributed by atoms with Crippen LogP contribution in [-0.4, -0.2) is 36.1 Å². The van der Waals surface area contributed by atoms with E-state index in [2.05, 4.69) is 21.2 Å². The molecule has 1 aliphatic carbocycles. The maximum Gasteiger partial charge on any atom is 0.338 e. The second-order valence-electron chi connectivity index (χ2n) is 9.80. The normalized spacial score (nSPS) is 18.1. The molecule has 1 aliphatic heterocycles. The molecule has 0 spiro atoms. The van der Waals surface area contributed by atoms with Gasteiger partial charge in [-0.3, -0.25) is 24.1 Å². The number of hydrogen-bond acceptors (Lipinski definition) is 6. The van der Waals surface area contributed by atoms with E-state index < -0.39 is 18.5 Å². The molecule has 3 aromatic rings. The first-order valence-corrected chi connectivity index (χ1v) is 13.5. The molecule has 1 N–H and O–H groups in total. The van der Waals surface area contributed by atoms with E-state index >= 15 is 0 Å². The smallest absolute Gasteiger partial charge is 0.338 e. The van der Waals surface area contributed by atoms with E-state index in [0.717, 1.165) is 10.0 Å². The Kier molecular flexibility index (Phi) is 7.75. The van der Waals surface area contributed by atoms with Crippen LogP contribution in [-0.2, 0) is 14.3 Å². The number of hydrogen-bond donors (Lipinski definition) is 1. The van der Waals surface area contributed by atoms with Gasteiger partial charge in [-0.2, -0.15) is 0 Å². The summed E-state index contributed by atoms with van der Waals surface area (Å²) >= 11 is 3.30. The summed E-state index contributed by atoms with van der Waals surface area (Å²) < 4.78 is 5.97. The Hall–Kier alpha value is -4.37. The highest BCUT2D eigenvalue weighted by molar-refractivity contribution is 9.10. The molecular weight excluding hydrogens is 576 g/mol. The summed E-state index contributed by atoms with van der Waals surface area (Å²) in [6.07, 6.45) is 3.12. The zero-order valence-corrected chi connectivity index (χ0v) is 23.1. The molecule has 0 aromatic heterocycles. The number of anilines is 2. The molecule has 0 saturated carbocycles. The first-order valence-electron chi connectivity index (χ1n) is 12.7. The van der Waals surface area contributed by atoms with Crippen LogP contribution in [0, 0.1) is 11.8 Å². The third-order valence-electron chi connectivity index (χ3n) is 7.07. The van der Waals surface area contributed by atoms with Crippen LogP contribution in [0.5, 0.6) is 0 Å². The summed E-state index contributed by atoms with van der Waals surface area (Å²) in [6.45, 7) is 1.57. The predicted molar refractivity (Wildman–Crippen MR) is 152 cm³/mol. The fourth-order valence-electron chi connectivity index (χ4n) is 4.90. The highest BCUT2D eigenvalue weighted by atomic mass is 79.9. The van der Waals surface area contributed by atoms with Crippen LogP contribution in [0.2, 0.25) is 0 Å². The summed E-state index contributed by atoms with van der Waals surface area (Å²) in [5, 5.41) is 2.75. The minimum absolute atomic E-state index is 0.223. The summed E-state index contributed by atoms with van der Waals surface area (Å²) in [6, 6.07) is 19.2. The average molecular weight is 601 g/mol. The second kappa shape index (κ2) is 11.4. The minimum atomic E-state index is -0.665. The number of allylic oxidation sites excluding steroid dienone is 2. The largest absolute Gasteiger partial charge is 0.454 e. The maximum atomic E-state index is 13.0. The number of ether oxygens (including phenoxy) is 1. The Morgan fingerprint density at radius 1 is 0.900 bits per heavy atom. The molecule has 5 rings (SSSR count). The number of imide groups is 1. The lowest BCUT2D eigenvalue weighted by Crippen LogP contribution is -2.31. The van der Waals surface area contributed by atoms with Crippen LogP contribution >= 0.6 is 15.9 Å². The van der Waals surface area contributed by atoms with Crippen molar-refractivity contribution in [3.05, 3.63) is 106 Å². The Labute approximate surface area is 239 Å². The third kappa shape index (κ3) is 5.65. The van der Waals surface area contributed by atoms with Crippen molar-refractivity contribution in [1.29, 1.82) is 0 Å². The van der Waals surface area contributed by atoms with Gasteiger partial charge in [-0.05, 0) is 74.4 Å². The quantitative estimate of drug-likeness (QED) is 0.164. The lowest BCUT2D eigenvalue weighted by Gasteiger charge is -2.18. The van der Waals surface area contributed by atoms with Gasteiger partial charge in [0.25, 0.3) is 5.91 Å². The standard InChI is InChI=1S/C31H25BrN2O6/c1-18-5-14-25-26(15-18)30(38)34(29(25)37)24-4-2-3-21(16-24)28(36)33-23-12-8-20(9-13-23)31(39)40-17-27(35)19-6-10-22(32)11-7-19/h2-13,16,25-26H,14-15,17H2,1H3,(H,33,36)/t25-,26+/m0/s1. The van der Waals surface area contributed by atoms with Crippen LogP contribution in [0.3, 0.4) is 0 Å². The first-order chi connectivity index (χ1) is 19.2. The monoisotopic (exact) mass is 600 g/mol. The van der Waals surface area contributed by atoms with Gasteiger partial charge in [-0.25, -0.2) is 4.79 Å². The summed E-state index contributed by atoms with van der Waals surface area (Å²) in [4.78, 5) is 64.8. The van der Waals surface area contributed by atoms with Crippen LogP contribution in [0.15, 0.2) is 88.9 Å². The highest BCUT2D eigenvalue weighted by Crippen LogP contribution is 2.39. The van der Waals surface area contributed by atoms with Gasteiger partial charge < -0.3 is 10.1 Å². The number of benzene rings is 3. The lowest BCUT2D eigenvalue weighted by molar-refractivity contribution is -0.122. The summed E-state index contributed by atoms with van der Waals surface area (Å²) in [7, 11) is 0. The topological polar surface area (TPSA) is 110 Å². The molecule has 9 heteroatoms. The van der Waals surface area contributed by atoms with Gasteiger partial charge in [0.2, 0.25) is 11.8 Å². The number of fused-ring (bicyclic) bond motifs is 1. The van der Waals surface area contributed by atoms with Gasteiger partial charge in [0.05, 0.1) is 23.1 Å². The first kappa shape index (κ1) is 27.2. The highest BCUT2D eigenvalue weighted by Gasteiger charge is 2.48. The van der Waals surface area contributed by atoms with Crippen molar-refractivity contribution < 1.29 is 28.7 Å². The molecule has 1 fully saturated rings. The van der Waals surface area contributed by atoms with Crippen LogP contribution < -0.4 is 10.2 Å². The Morgan fingerprint density at radius 2 is 1.57 bits per heavy atom. The number of amides is 3. The number of rotatable bonds is 7. The van der Waals surface area contributed by atoms with E-state index in [1.54, 1.807) is 54.6 Å². The third-order valence-corrected chi connectivity index (χ3v) is 7.60. The molecule has 2 aliphatic rings. The minimum Gasteiger partial charge on any atom is -0.454 e. The molecule has 1 saturated heterocycles. The van der Waals surface area contributed by atoms with E-state index in [1.807, 2.05) is 13.0 Å². The van der Waals surface area contributed by atoms with Crippen molar-refractivity contribution in [2.24, 2.45) is 11.8 Å². The zero-order valence-electron chi connectivity index (χ0n) is 21.6. The van der Waals surface area contributed by atoms with Crippen LogP contribution in [0.25, 0.3) is 0 Å². The number of nitrogens with one attached hydrogen (secondary N) is 1. The molecule has 202 valence electrons. The van der Waals surface area contributed by atoms with Crippen LogP contribution in [0.4, 0.5) is 11.4 Å². The van der Waals surface area contributed by atoms with Gasteiger partial charge in [-0.1, -0.05) is 45.8 Å². The fourth-order valence-corrected chi connectivity index (χ4v) is 5.17. The van der Waals surface area contributed by atoms with E-state index in [-0.39, 0.29) is 40.6 Å². The van der Waals surface area contributed by atoms with E-state index in [4.69, 9.17) is 4.74 Å². The van der Waals surface area contributed by atoms with Crippen molar-refractivity contribution in [3.8, 4) is 0 Å². The van der Waals surface area contributed by atoms with Crippen molar-refractivity contribution in [2.45, 2.75) is 19.8 Å². The molecule has 1 heterocycles. The van der Waals surface area contributed by atoms with Crippen molar-refractivity contribution in [2.75, 3.05) is 16.8 Å². The van der Waals surface area contributed by atoms with E-state index in [9.17, 15) is 24.0 Å². The Bertz CT molecular complexity index is 1540. The van der Waals surface area contributed by atoms with Gasteiger partial charge >= 0.3 is 5.97 Å². The second-order valence-corrected chi connectivity index (χ2v) is 10.7. The molecule has 3 amide bonds. The zero-order chi connectivity index (χ0) is 28.4. The molecule has 0 unspecified atom stereocenters. The molecule has 3 aromatic carbocycles. The molecule has 2 atom stereocenters. The number of halogens is 1. The maximum absolute atomic E-state index is 13.0. The number of ketones is 1. The molecule has 40 heavy (non-hydrogen) atoms. The van der Waals surface area contributed by atoms with Gasteiger partial charge in [0, 0.05) is 21.3 Å². The number of nitrogens with zero attached hydrogens (tertiary/aromatic N) is 1. The number of esters is 1. The summed E-state index contributed by atoms with van der Waals surface area (Å²) in [5.41, 5.74) is 2.83. The fraction of sp³-hybridized carbons (Fsp3) is 0.194. The van der Waals surface area contributed by atoms with Gasteiger partial charge in [-0.15, -0.1) is 0 Å². The predicted octanol–water partition coefficient (Wildman–Crippen LogP) is 5.59. The average Bonchev–Trinajstić information content (AvgIpc) is 3.20. The number of Topliss-reactive ketones (excluding diaryl/α,β-unsaturated/α-hetero) is 1. The molecule has 8 nitrogen and oxygen atoms in total. The number of carbonyl (C=O) groups is 5. The SMILES string of the molecule is CC1=CC[C@@H]2C(=O)N(c3cccc(C(=O)Nc4ccc(C(=O)OCC(=O)c5ccc(Br)cc5)cc4)c3)C(=O)[C@@H]2C1. The van der Waals surface area contributed by atoms with Gasteiger partial charge in [0.15, 0.2) is 12.4 Å². The van der Waals surface area contributed by atoms with E-state index in [0.29, 0.717) is 29.8 Å². The van der Waals surface area contributed by atoms with Crippen molar-refractivity contribution in [3.63, 3.8) is 0 Å². The van der Waals surface area contributed by atoms with Crippen LogP contribution in [0.1, 0.15) is 50.8 Å². The van der Waals surface area contributed by atoms with E-state index in [1.165, 1.54) is 23.1 Å². The molecular formula is C31H25BrN2O6. The summed E-state index contributed by atoms with van der Waals surface area (Å²) in [5.74, 6) is -2.63. The Balaban J connectivity index is 1.20. The van der Waals surface area contributed by atoms with Crippen molar-refractivity contribution >= 4 is 56.8 Å². The Morgan fingerprint density at radius 3 is 2.30 bits per heavy atom.